The van der Waals surface area contributed by atoms with Crippen molar-refractivity contribution in [2.24, 2.45) is 0 Å². The number of carboxylic acids is 1. The SMILES string of the molecule is COc1ccc2c(Oc3ccc(/C=C/C(=O)O)cc3)c(-c3ccccc3)c(C)cc2c1. The Morgan fingerprint density at radius 2 is 1.61 bits per heavy atom. The Labute approximate surface area is 181 Å². The molecule has 0 aliphatic heterocycles. The van der Waals surface area contributed by atoms with Gasteiger partial charge in [-0.2, -0.15) is 0 Å². The van der Waals surface area contributed by atoms with E-state index in [1.54, 1.807) is 13.2 Å². The number of hydrogen-bond acceptors (Lipinski definition) is 3. The molecule has 31 heavy (non-hydrogen) atoms. The van der Waals surface area contributed by atoms with Crippen molar-refractivity contribution in [3.8, 4) is 28.4 Å². The molecule has 4 rings (SSSR count). The highest BCUT2D eigenvalue weighted by Gasteiger charge is 2.16. The summed E-state index contributed by atoms with van der Waals surface area (Å²) in [6.45, 7) is 2.08. The van der Waals surface area contributed by atoms with Crippen LogP contribution in [0.1, 0.15) is 11.1 Å². The van der Waals surface area contributed by atoms with Gasteiger partial charge in [-0.25, -0.2) is 4.79 Å². The van der Waals surface area contributed by atoms with E-state index < -0.39 is 5.97 Å². The minimum Gasteiger partial charge on any atom is -0.497 e. The van der Waals surface area contributed by atoms with Gasteiger partial charge in [-0.1, -0.05) is 48.5 Å². The summed E-state index contributed by atoms with van der Waals surface area (Å²) in [6.07, 6.45) is 2.67. The fourth-order valence-corrected chi connectivity index (χ4v) is 3.62. The molecule has 4 nitrogen and oxygen atoms in total. The molecule has 0 spiro atoms. The molecule has 0 radical (unpaired) electrons. The topological polar surface area (TPSA) is 55.8 Å². The number of ether oxygens (including phenoxy) is 2. The number of methoxy groups -OCH3 is 1. The van der Waals surface area contributed by atoms with Crippen LogP contribution in [0.5, 0.6) is 17.2 Å². The summed E-state index contributed by atoms with van der Waals surface area (Å²) >= 11 is 0. The lowest BCUT2D eigenvalue weighted by atomic mass is 9.94. The van der Waals surface area contributed by atoms with Crippen molar-refractivity contribution in [1.29, 1.82) is 0 Å². The number of rotatable bonds is 6. The monoisotopic (exact) mass is 410 g/mol. The second-order valence-corrected chi connectivity index (χ2v) is 7.19. The highest BCUT2D eigenvalue weighted by atomic mass is 16.5. The van der Waals surface area contributed by atoms with E-state index in [1.165, 1.54) is 0 Å². The van der Waals surface area contributed by atoms with Crippen LogP contribution in [-0.4, -0.2) is 18.2 Å². The largest absolute Gasteiger partial charge is 0.497 e. The normalized spacial score (nSPS) is 11.0. The van der Waals surface area contributed by atoms with Gasteiger partial charge in [0.05, 0.1) is 7.11 Å². The predicted molar refractivity (Wildman–Crippen MR) is 124 cm³/mol. The lowest BCUT2D eigenvalue weighted by molar-refractivity contribution is -0.131. The first kappa shape index (κ1) is 20.2. The molecule has 1 N–H and O–H groups in total. The number of aryl methyl sites for hydroxylation is 1. The van der Waals surface area contributed by atoms with Gasteiger partial charge in [-0.15, -0.1) is 0 Å². The van der Waals surface area contributed by atoms with Crippen LogP contribution in [0.4, 0.5) is 0 Å². The van der Waals surface area contributed by atoms with Crippen molar-refractivity contribution in [3.63, 3.8) is 0 Å². The molecule has 0 unspecified atom stereocenters. The van der Waals surface area contributed by atoms with Crippen LogP contribution >= 0.6 is 0 Å². The van der Waals surface area contributed by atoms with Crippen molar-refractivity contribution in [2.75, 3.05) is 7.11 Å². The average molecular weight is 410 g/mol. The number of carboxylic acid groups (broad SMARTS) is 1. The van der Waals surface area contributed by atoms with Crippen molar-refractivity contribution in [3.05, 3.63) is 96.1 Å². The lowest BCUT2D eigenvalue weighted by Crippen LogP contribution is -1.94. The summed E-state index contributed by atoms with van der Waals surface area (Å²) in [5, 5.41) is 10.8. The first-order chi connectivity index (χ1) is 15.0. The molecule has 0 amide bonds. The molecule has 0 saturated heterocycles. The molecule has 0 aromatic heterocycles. The second kappa shape index (κ2) is 8.76. The second-order valence-electron chi connectivity index (χ2n) is 7.19. The maximum absolute atomic E-state index is 10.7. The van der Waals surface area contributed by atoms with Crippen molar-refractivity contribution >= 4 is 22.8 Å². The third-order valence-corrected chi connectivity index (χ3v) is 5.08. The Kier molecular flexibility index (Phi) is 5.72. The van der Waals surface area contributed by atoms with Gasteiger partial charge >= 0.3 is 5.97 Å². The van der Waals surface area contributed by atoms with Gasteiger partial charge in [0.15, 0.2) is 0 Å². The van der Waals surface area contributed by atoms with Crippen LogP contribution < -0.4 is 9.47 Å². The molecule has 0 aliphatic carbocycles. The molecule has 0 atom stereocenters. The quantitative estimate of drug-likeness (QED) is 0.359. The first-order valence-corrected chi connectivity index (χ1v) is 9.91. The molecule has 4 heteroatoms. The summed E-state index contributed by atoms with van der Waals surface area (Å²) in [5.41, 5.74) is 4.00. The fraction of sp³-hybridized carbons (Fsp3) is 0.0741. The summed E-state index contributed by atoms with van der Waals surface area (Å²) in [7, 11) is 1.66. The molecule has 0 bridgehead atoms. The van der Waals surface area contributed by atoms with E-state index in [2.05, 4.69) is 25.1 Å². The number of benzene rings is 4. The molecule has 0 heterocycles. The van der Waals surface area contributed by atoms with Crippen molar-refractivity contribution in [1.82, 2.24) is 0 Å². The van der Waals surface area contributed by atoms with Gasteiger partial charge in [0.1, 0.15) is 17.2 Å². The van der Waals surface area contributed by atoms with Crippen LogP contribution in [0.25, 0.3) is 28.0 Å². The minimum absolute atomic E-state index is 0.673. The Bertz CT molecular complexity index is 1260. The Morgan fingerprint density at radius 3 is 2.29 bits per heavy atom. The Balaban J connectivity index is 1.83. The van der Waals surface area contributed by atoms with Crippen LogP contribution in [0.15, 0.2) is 84.9 Å². The van der Waals surface area contributed by atoms with E-state index in [0.29, 0.717) is 5.75 Å². The zero-order chi connectivity index (χ0) is 21.8. The van der Waals surface area contributed by atoms with E-state index in [-0.39, 0.29) is 0 Å². The highest BCUT2D eigenvalue weighted by Crippen LogP contribution is 2.42. The molecule has 4 aromatic carbocycles. The van der Waals surface area contributed by atoms with Crippen molar-refractivity contribution in [2.45, 2.75) is 6.92 Å². The molecule has 154 valence electrons. The zero-order valence-electron chi connectivity index (χ0n) is 17.3. The van der Waals surface area contributed by atoms with Crippen LogP contribution in [0, 0.1) is 6.92 Å². The van der Waals surface area contributed by atoms with Gasteiger partial charge in [0.2, 0.25) is 0 Å². The number of fused-ring (bicyclic) bond motifs is 1. The van der Waals surface area contributed by atoms with E-state index in [4.69, 9.17) is 14.6 Å². The van der Waals surface area contributed by atoms with Gasteiger partial charge in [-0.3, -0.25) is 0 Å². The summed E-state index contributed by atoms with van der Waals surface area (Å²) in [6, 6.07) is 25.6. The van der Waals surface area contributed by atoms with Gasteiger partial charge in [0, 0.05) is 17.0 Å². The van der Waals surface area contributed by atoms with E-state index in [0.717, 1.165) is 50.6 Å². The predicted octanol–water partition coefficient (Wildman–Crippen LogP) is 6.71. The fourth-order valence-electron chi connectivity index (χ4n) is 3.62. The van der Waals surface area contributed by atoms with E-state index in [9.17, 15) is 4.79 Å². The van der Waals surface area contributed by atoms with Gasteiger partial charge in [-0.05, 0) is 65.4 Å². The summed E-state index contributed by atoms with van der Waals surface area (Å²) < 4.78 is 11.8. The minimum atomic E-state index is -0.977. The average Bonchev–Trinajstić information content (AvgIpc) is 2.78. The molecule has 4 aromatic rings. The standard InChI is InChI=1S/C27H22O4/c1-18-16-21-17-23(30-2)13-14-24(21)27(26(18)20-6-4-3-5-7-20)31-22-11-8-19(9-12-22)10-15-25(28)29/h3-17H,1-2H3,(H,28,29)/b15-10+. The number of carbonyl (C=O) groups is 1. The lowest BCUT2D eigenvalue weighted by Gasteiger charge is -2.18. The number of aliphatic carboxylic acids is 1. The summed E-state index contributed by atoms with van der Waals surface area (Å²) in [4.78, 5) is 10.7. The smallest absolute Gasteiger partial charge is 0.328 e. The summed E-state index contributed by atoms with van der Waals surface area (Å²) in [5.74, 6) is 1.26. The molecule has 0 aliphatic rings. The third kappa shape index (κ3) is 4.43. The van der Waals surface area contributed by atoms with Crippen LogP contribution in [0.3, 0.4) is 0 Å². The zero-order valence-corrected chi connectivity index (χ0v) is 17.3. The number of hydrogen-bond donors (Lipinski definition) is 1. The van der Waals surface area contributed by atoms with Crippen LogP contribution in [0.2, 0.25) is 0 Å². The molecular weight excluding hydrogens is 388 g/mol. The Morgan fingerprint density at radius 1 is 0.903 bits per heavy atom. The molecule has 0 saturated carbocycles. The molecular formula is C27H22O4. The maximum Gasteiger partial charge on any atom is 0.328 e. The highest BCUT2D eigenvalue weighted by molar-refractivity contribution is 5.97. The van der Waals surface area contributed by atoms with Crippen LogP contribution in [-0.2, 0) is 4.79 Å². The van der Waals surface area contributed by atoms with Gasteiger partial charge in [0.25, 0.3) is 0 Å². The molecule has 0 fully saturated rings. The van der Waals surface area contributed by atoms with Gasteiger partial charge < -0.3 is 14.6 Å². The van der Waals surface area contributed by atoms with E-state index >= 15 is 0 Å². The van der Waals surface area contributed by atoms with E-state index in [1.807, 2.05) is 60.7 Å². The first-order valence-electron chi connectivity index (χ1n) is 9.91. The van der Waals surface area contributed by atoms with Crippen molar-refractivity contribution < 1.29 is 19.4 Å². The maximum atomic E-state index is 10.7. The third-order valence-electron chi connectivity index (χ3n) is 5.08. The Hall–Kier alpha value is -4.05.